The van der Waals surface area contributed by atoms with Gasteiger partial charge in [-0.2, -0.15) is 0 Å². The molecule has 1 saturated heterocycles. The van der Waals surface area contributed by atoms with Gasteiger partial charge in [-0.25, -0.2) is 0 Å². The van der Waals surface area contributed by atoms with Crippen LogP contribution in [0.3, 0.4) is 0 Å². The lowest BCUT2D eigenvalue weighted by Gasteiger charge is -2.40. The van der Waals surface area contributed by atoms with Crippen LogP contribution in [0.15, 0.2) is 24.3 Å². The summed E-state index contributed by atoms with van der Waals surface area (Å²) in [5.74, 6) is 2.28. The van der Waals surface area contributed by atoms with Crippen molar-refractivity contribution in [2.24, 2.45) is 5.92 Å². The third kappa shape index (κ3) is 4.35. The summed E-state index contributed by atoms with van der Waals surface area (Å²) in [5.41, 5.74) is 0. The summed E-state index contributed by atoms with van der Waals surface area (Å²) >= 11 is 0. The molecule has 1 fully saturated rings. The van der Waals surface area contributed by atoms with Gasteiger partial charge < -0.3 is 14.8 Å². The summed E-state index contributed by atoms with van der Waals surface area (Å²) < 4.78 is 11.2. The summed E-state index contributed by atoms with van der Waals surface area (Å²) in [7, 11) is 1.67. The number of rotatable bonds is 6. The van der Waals surface area contributed by atoms with Gasteiger partial charge in [0.05, 0.1) is 7.11 Å². The number of benzene rings is 1. The second-order valence-electron chi connectivity index (χ2n) is 6.10. The Bertz CT molecular complexity index is 437. The molecule has 118 valence electrons. The largest absolute Gasteiger partial charge is 0.493 e. The Morgan fingerprint density at radius 3 is 2.67 bits per heavy atom. The van der Waals surface area contributed by atoms with Crippen molar-refractivity contribution in [2.75, 3.05) is 33.4 Å². The van der Waals surface area contributed by atoms with Crippen LogP contribution in [0, 0.1) is 5.92 Å². The molecule has 1 aliphatic heterocycles. The van der Waals surface area contributed by atoms with E-state index in [1.807, 2.05) is 24.3 Å². The van der Waals surface area contributed by atoms with E-state index in [0.717, 1.165) is 31.1 Å². The van der Waals surface area contributed by atoms with E-state index in [-0.39, 0.29) is 0 Å². The topological polar surface area (TPSA) is 33.7 Å². The number of hydrogen-bond donors (Lipinski definition) is 1. The number of methoxy groups -OCH3 is 1. The van der Waals surface area contributed by atoms with Crippen LogP contribution in [0.5, 0.6) is 11.5 Å². The van der Waals surface area contributed by atoms with Crippen LogP contribution in [-0.2, 0) is 0 Å². The number of para-hydroxylation sites is 2. The molecule has 1 aliphatic rings. The van der Waals surface area contributed by atoms with E-state index in [1.54, 1.807) is 7.11 Å². The first kappa shape index (κ1) is 16.1. The molecule has 0 radical (unpaired) electrons. The second-order valence-corrected chi connectivity index (χ2v) is 6.10. The third-order valence-corrected chi connectivity index (χ3v) is 4.24. The summed E-state index contributed by atoms with van der Waals surface area (Å²) in [5, 5.41) is 3.62. The van der Waals surface area contributed by atoms with Crippen molar-refractivity contribution in [1.82, 2.24) is 10.2 Å². The Morgan fingerprint density at radius 2 is 2.00 bits per heavy atom. The molecule has 1 heterocycles. The highest BCUT2D eigenvalue weighted by Crippen LogP contribution is 2.25. The van der Waals surface area contributed by atoms with E-state index < -0.39 is 0 Å². The van der Waals surface area contributed by atoms with Crippen LogP contribution < -0.4 is 14.8 Å². The number of hydrogen-bond acceptors (Lipinski definition) is 4. The van der Waals surface area contributed by atoms with Crippen molar-refractivity contribution >= 4 is 0 Å². The monoisotopic (exact) mass is 292 g/mol. The van der Waals surface area contributed by atoms with Crippen LogP contribution >= 0.6 is 0 Å². The van der Waals surface area contributed by atoms with Gasteiger partial charge in [0.1, 0.15) is 6.61 Å². The number of ether oxygens (including phenoxy) is 2. The van der Waals surface area contributed by atoms with Gasteiger partial charge >= 0.3 is 0 Å². The molecule has 2 unspecified atom stereocenters. The molecule has 0 spiro atoms. The van der Waals surface area contributed by atoms with Crippen molar-refractivity contribution in [3.63, 3.8) is 0 Å². The minimum absolute atomic E-state index is 0.557. The van der Waals surface area contributed by atoms with Gasteiger partial charge in [-0.1, -0.05) is 26.0 Å². The fraction of sp³-hybridized carbons (Fsp3) is 0.647. The van der Waals surface area contributed by atoms with Crippen molar-refractivity contribution in [2.45, 2.75) is 32.9 Å². The average molecular weight is 292 g/mol. The van der Waals surface area contributed by atoms with Crippen LogP contribution in [0.1, 0.15) is 20.8 Å². The predicted molar refractivity (Wildman–Crippen MR) is 86.2 cm³/mol. The standard InChI is InChI=1S/C17H28N2O2/c1-13(2)15-12-19(14(3)11-18-15)9-10-21-17-8-6-5-7-16(17)20-4/h5-8,13-15,18H,9-12H2,1-4H3. The fourth-order valence-electron chi connectivity index (χ4n) is 2.72. The van der Waals surface area contributed by atoms with E-state index in [4.69, 9.17) is 9.47 Å². The minimum Gasteiger partial charge on any atom is -0.493 e. The zero-order valence-electron chi connectivity index (χ0n) is 13.6. The fourth-order valence-corrected chi connectivity index (χ4v) is 2.72. The molecule has 0 aromatic heterocycles. The minimum atomic E-state index is 0.557. The van der Waals surface area contributed by atoms with Crippen molar-refractivity contribution in [3.05, 3.63) is 24.3 Å². The van der Waals surface area contributed by atoms with Gasteiger partial charge in [0.15, 0.2) is 11.5 Å². The zero-order chi connectivity index (χ0) is 15.2. The lowest BCUT2D eigenvalue weighted by Crippen LogP contribution is -2.57. The summed E-state index contributed by atoms with van der Waals surface area (Å²) in [6.07, 6.45) is 0. The quantitative estimate of drug-likeness (QED) is 0.873. The van der Waals surface area contributed by atoms with E-state index in [9.17, 15) is 0 Å². The number of nitrogens with zero attached hydrogens (tertiary/aromatic N) is 1. The molecule has 1 aromatic rings. The summed E-state index contributed by atoms with van der Waals surface area (Å²) in [6.45, 7) is 10.6. The predicted octanol–water partition coefficient (Wildman–Crippen LogP) is 2.39. The van der Waals surface area contributed by atoms with Crippen LogP contribution in [0.2, 0.25) is 0 Å². The average Bonchev–Trinajstić information content (AvgIpc) is 2.49. The van der Waals surface area contributed by atoms with Gasteiger partial charge in [-0.05, 0) is 25.0 Å². The second kappa shape index (κ2) is 7.66. The Balaban J connectivity index is 1.84. The lowest BCUT2D eigenvalue weighted by molar-refractivity contribution is 0.104. The van der Waals surface area contributed by atoms with E-state index in [2.05, 4.69) is 31.0 Å². The molecule has 0 amide bonds. The van der Waals surface area contributed by atoms with Gasteiger partial charge in [0.25, 0.3) is 0 Å². The van der Waals surface area contributed by atoms with Gasteiger partial charge in [0.2, 0.25) is 0 Å². The lowest BCUT2D eigenvalue weighted by atomic mass is 10.00. The smallest absolute Gasteiger partial charge is 0.161 e. The molecular weight excluding hydrogens is 264 g/mol. The number of nitrogens with one attached hydrogen (secondary N) is 1. The Hall–Kier alpha value is -1.26. The maximum absolute atomic E-state index is 5.89. The van der Waals surface area contributed by atoms with Gasteiger partial charge in [-0.15, -0.1) is 0 Å². The molecule has 2 atom stereocenters. The van der Waals surface area contributed by atoms with Gasteiger partial charge in [-0.3, -0.25) is 4.90 Å². The first-order valence-electron chi connectivity index (χ1n) is 7.85. The molecular formula is C17H28N2O2. The zero-order valence-corrected chi connectivity index (χ0v) is 13.6. The highest BCUT2D eigenvalue weighted by Gasteiger charge is 2.26. The van der Waals surface area contributed by atoms with E-state index >= 15 is 0 Å². The Kier molecular flexibility index (Phi) is 5.88. The van der Waals surface area contributed by atoms with Crippen molar-refractivity contribution in [3.8, 4) is 11.5 Å². The maximum atomic E-state index is 5.89. The van der Waals surface area contributed by atoms with Crippen molar-refractivity contribution < 1.29 is 9.47 Å². The third-order valence-electron chi connectivity index (χ3n) is 4.24. The maximum Gasteiger partial charge on any atom is 0.161 e. The molecule has 0 bridgehead atoms. The SMILES string of the molecule is COc1ccccc1OCCN1CC(C(C)C)NCC1C. The van der Waals surface area contributed by atoms with E-state index in [0.29, 0.717) is 24.6 Å². The summed E-state index contributed by atoms with van der Waals surface area (Å²) in [4.78, 5) is 2.51. The van der Waals surface area contributed by atoms with E-state index in [1.165, 1.54) is 0 Å². The Labute approximate surface area is 128 Å². The molecule has 4 nitrogen and oxygen atoms in total. The van der Waals surface area contributed by atoms with Crippen molar-refractivity contribution in [1.29, 1.82) is 0 Å². The normalized spacial score (nSPS) is 23.3. The molecule has 2 rings (SSSR count). The highest BCUT2D eigenvalue weighted by atomic mass is 16.5. The van der Waals surface area contributed by atoms with Crippen LogP contribution in [-0.4, -0.2) is 50.3 Å². The van der Waals surface area contributed by atoms with Crippen LogP contribution in [0.25, 0.3) is 0 Å². The highest BCUT2D eigenvalue weighted by molar-refractivity contribution is 5.39. The first-order chi connectivity index (χ1) is 10.1. The molecule has 4 heteroatoms. The number of piperazine rings is 1. The molecule has 0 aliphatic carbocycles. The molecule has 0 saturated carbocycles. The molecule has 1 aromatic carbocycles. The first-order valence-corrected chi connectivity index (χ1v) is 7.85. The van der Waals surface area contributed by atoms with Crippen LogP contribution in [0.4, 0.5) is 0 Å². The van der Waals surface area contributed by atoms with Gasteiger partial charge in [0, 0.05) is 31.7 Å². The molecule has 1 N–H and O–H groups in total. The summed E-state index contributed by atoms with van der Waals surface area (Å²) in [6, 6.07) is 8.94. The Morgan fingerprint density at radius 1 is 1.29 bits per heavy atom. The molecule has 21 heavy (non-hydrogen) atoms.